The van der Waals surface area contributed by atoms with Gasteiger partial charge in [-0.3, -0.25) is 0 Å². The maximum absolute atomic E-state index is 12.7. The molecule has 0 fully saturated rings. The summed E-state index contributed by atoms with van der Waals surface area (Å²) >= 11 is 1.77. The first-order valence-electron chi connectivity index (χ1n) is 4.70. The van der Waals surface area contributed by atoms with Crippen molar-refractivity contribution in [3.8, 4) is 6.07 Å². The Balaban J connectivity index is 3.35. The van der Waals surface area contributed by atoms with Crippen LogP contribution < -0.4 is 0 Å². The molecule has 1 aromatic rings. The van der Waals surface area contributed by atoms with Crippen molar-refractivity contribution in [2.45, 2.75) is 13.3 Å². The number of carbonyl (C=O) groups excluding carboxylic acids is 1. The second kappa shape index (κ2) is 5.91. The van der Waals surface area contributed by atoms with Crippen LogP contribution in [0.3, 0.4) is 0 Å². The van der Waals surface area contributed by atoms with Gasteiger partial charge in [-0.1, -0.05) is 0 Å². The molecule has 0 heterocycles. The standard InChI is InChI=1S/C11H8F2INO2/c1-2-17-11(16)8-3-6(5-15)9(14)4-7(8)10(12)13/h3-4,10H,2H2,1H3. The molecule has 17 heavy (non-hydrogen) atoms. The Hall–Kier alpha value is -1.23. The van der Waals surface area contributed by atoms with Crippen molar-refractivity contribution in [2.24, 2.45) is 0 Å². The van der Waals surface area contributed by atoms with E-state index in [9.17, 15) is 13.6 Å². The molecule has 0 amide bonds. The molecule has 0 aromatic heterocycles. The Kier molecular flexibility index (Phi) is 4.81. The molecule has 0 unspecified atom stereocenters. The van der Waals surface area contributed by atoms with Crippen LogP contribution in [0.5, 0.6) is 0 Å². The number of nitrogens with zero attached hydrogens (tertiary/aromatic N) is 1. The van der Waals surface area contributed by atoms with E-state index in [1.54, 1.807) is 29.5 Å². The van der Waals surface area contributed by atoms with Crippen molar-refractivity contribution in [1.82, 2.24) is 0 Å². The molecule has 0 atom stereocenters. The fourth-order valence-electron chi connectivity index (χ4n) is 1.24. The molecule has 0 radical (unpaired) electrons. The summed E-state index contributed by atoms with van der Waals surface area (Å²) in [6, 6.07) is 4.11. The summed E-state index contributed by atoms with van der Waals surface area (Å²) in [4.78, 5) is 11.5. The van der Waals surface area contributed by atoms with Crippen molar-refractivity contribution in [3.05, 3.63) is 32.4 Å². The number of hydrogen-bond donors (Lipinski definition) is 0. The topological polar surface area (TPSA) is 50.1 Å². The highest BCUT2D eigenvalue weighted by molar-refractivity contribution is 14.1. The van der Waals surface area contributed by atoms with Crippen LogP contribution in [0.2, 0.25) is 0 Å². The third-order valence-electron chi connectivity index (χ3n) is 1.99. The lowest BCUT2D eigenvalue weighted by molar-refractivity contribution is 0.0515. The minimum absolute atomic E-state index is 0.0926. The Labute approximate surface area is 111 Å². The molecule has 3 nitrogen and oxygen atoms in total. The van der Waals surface area contributed by atoms with Gasteiger partial charge < -0.3 is 4.74 Å². The van der Waals surface area contributed by atoms with Crippen molar-refractivity contribution >= 4 is 28.6 Å². The van der Waals surface area contributed by atoms with E-state index in [4.69, 9.17) is 5.26 Å². The van der Waals surface area contributed by atoms with Gasteiger partial charge in [0.15, 0.2) is 0 Å². The molecular weight excluding hydrogens is 343 g/mol. The van der Waals surface area contributed by atoms with Gasteiger partial charge in [0.2, 0.25) is 0 Å². The zero-order valence-electron chi connectivity index (χ0n) is 8.84. The van der Waals surface area contributed by atoms with Gasteiger partial charge in [-0.15, -0.1) is 0 Å². The van der Waals surface area contributed by atoms with E-state index < -0.39 is 18.0 Å². The summed E-state index contributed by atoms with van der Waals surface area (Å²) in [5, 5.41) is 8.79. The highest BCUT2D eigenvalue weighted by atomic mass is 127. The van der Waals surface area contributed by atoms with Gasteiger partial charge in [-0.25, -0.2) is 13.6 Å². The second-order valence-corrected chi connectivity index (χ2v) is 4.21. The minimum atomic E-state index is -2.78. The van der Waals surface area contributed by atoms with Gasteiger partial charge in [-0.2, -0.15) is 5.26 Å². The lowest BCUT2D eigenvalue weighted by Gasteiger charge is -2.09. The maximum Gasteiger partial charge on any atom is 0.338 e. The lowest BCUT2D eigenvalue weighted by atomic mass is 10.0. The van der Waals surface area contributed by atoms with E-state index in [0.717, 1.165) is 12.1 Å². The van der Waals surface area contributed by atoms with Crippen molar-refractivity contribution < 1.29 is 18.3 Å². The summed E-state index contributed by atoms with van der Waals surface area (Å²) in [6.07, 6.45) is -2.78. The van der Waals surface area contributed by atoms with Gasteiger partial charge in [-0.05, 0) is 41.6 Å². The van der Waals surface area contributed by atoms with Crippen molar-refractivity contribution in [2.75, 3.05) is 6.61 Å². The van der Waals surface area contributed by atoms with Crippen LogP contribution in [-0.4, -0.2) is 12.6 Å². The molecule has 0 aliphatic heterocycles. The average molecular weight is 351 g/mol. The SMILES string of the molecule is CCOC(=O)c1cc(C#N)c(I)cc1C(F)F. The quantitative estimate of drug-likeness (QED) is 0.620. The molecule has 0 N–H and O–H groups in total. The number of hydrogen-bond acceptors (Lipinski definition) is 3. The number of ether oxygens (including phenoxy) is 1. The predicted molar refractivity (Wildman–Crippen MR) is 64.8 cm³/mol. The van der Waals surface area contributed by atoms with Crippen LogP contribution in [0.4, 0.5) is 8.78 Å². The maximum atomic E-state index is 12.7. The lowest BCUT2D eigenvalue weighted by Crippen LogP contribution is -2.09. The van der Waals surface area contributed by atoms with Crippen LogP contribution in [0.25, 0.3) is 0 Å². The Bertz CT molecular complexity index is 483. The van der Waals surface area contributed by atoms with Crippen molar-refractivity contribution in [1.29, 1.82) is 5.26 Å². The number of nitriles is 1. The monoisotopic (exact) mass is 351 g/mol. The molecule has 1 rings (SSSR count). The summed E-state index contributed by atoms with van der Waals surface area (Å²) in [5.74, 6) is -0.837. The molecular formula is C11H8F2INO2. The first-order valence-corrected chi connectivity index (χ1v) is 5.78. The predicted octanol–water partition coefficient (Wildman–Crippen LogP) is 3.28. The number of alkyl halides is 2. The molecule has 0 aliphatic rings. The summed E-state index contributed by atoms with van der Waals surface area (Å²) in [5.41, 5.74) is -0.483. The van der Waals surface area contributed by atoms with Crippen LogP contribution in [-0.2, 0) is 4.74 Å². The van der Waals surface area contributed by atoms with Gasteiger partial charge >= 0.3 is 5.97 Å². The van der Waals surface area contributed by atoms with E-state index in [1.807, 2.05) is 6.07 Å². The highest BCUT2D eigenvalue weighted by Gasteiger charge is 2.21. The zero-order valence-corrected chi connectivity index (χ0v) is 11.0. The fourth-order valence-corrected chi connectivity index (χ4v) is 1.85. The highest BCUT2D eigenvalue weighted by Crippen LogP contribution is 2.27. The van der Waals surface area contributed by atoms with E-state index in [-0.39, 0.29) is 17.7 Å². The van der Waals surface area contributed by atoms with Crippen LogP contribution in [0.15, 0.2) is 12.1 Å². The van der Waals surface area contributed by atoms with Gasteiger partial charge in [0.25, 0.3) is 6.43 Å². The van der Waals surface area contributed by atoms with Crippen molar-refractivity contribution in [3.63, 3.8) is 0 Å². The summed E-state index contributed by atoms with van der Waals surface area (Å²) in [7, 11) is 0. The van der Waals surface area contributed by atoms with Gasteiger partial charge in [0, 0.05) is 9.13 Å². The first-order chi connectivity index (χ1) is 8.01. The number of esters is 1. The molecule has 0 bridgehead atoms. The third-order valence-corrected chi connectivity index (χ3v) is 2.88. The normalized spacial score (nSPS) is 10.1. The van der Waals surface area contributed by atoms with Gasteiger partial charge in [0.05, 0.1) is 17.7 Å². The zero-order chi connectivity index (χ0) is 13.0. The largest absolute Gasteiger partial charge is 0.462 e. The Morgan fingerprint density at radius 3 is 2.71 bits per heavy atom. The molecule has 0 aliphatic carbocycles. The molecule has 0 saturated heterocycles. The summed E-state index contributed by atoms with van der Waals surface area (Å²) < 4.78 is 30.6. The smallest absolute Gasteiger partial charge is 0.338 e. The first kappa shape index (κ1) is 13.8. The molecule has 90 valence electrons. The third kappa shape index (κ3) is 3.12. The fraction of sp³-hybridized carbons (Fsp3) is 0.273. The van der Waals surface area contributed by atoms with Crippen LogP contribution in [0.1, 0.15) is 34.8 Å². The van der Waals surface area contributed by atoms with E-state index in [2.05, 4.69) is 4.74 Å². The molecule has 0 saturated carbocycles. The number of rotatable bonds is 3. The second-order valence-electron chi connectivity index (χ2n) is 3.05. The van der Waals surface area contributed by atoms with Gasteiger partial charge in [0.1, 0.15) is 6.07 Å². The average Bonchev–Trinajstić information content (AvgIpc) is 2.28. The Morgan fingerprint density at radius 2 is 2.24 bits per heavy atom. The Morgan fingerprint density at radius 1 is 1.59 bits per heavy atom. The molecule has 0 spiro atoms. The summed E-state index contributed by atoms with van der Waals surface area (Å²) in [6.45, 7) is 1.67. The van der Waals surface area contributed by atoms with E-state index in [0.29, 0.717) is 3.57 Å². The van der Waals surface area contributed by atoms with E-state index >= 15 is 0 Å². The van der Waals surface area contributed by atoms with Crippen LogP contribution in [0, 0.1) is 14.9 Å². The molecule has 1 aromatic carbocycles. The minimum Gasteiger partial charge on any atom is -0.462 e. The number of carbonyl (C=O) groups is 1. The van der Waals surface area contributed by atoms with E-state index in [1.165, 1.54) is 0 Å². The molecule has 6 heteroatoms. The number of benzene rings is 1. The number of halogens is 3. The van der Waals surface area contributed by atoms with Crippen LogP contribution >= 0.6 is 22.6 Å².